The quantitative estimate of drug-likeness (QED) is 0.837. The van der Waals surface area contributed by atoms with E-state index in [0.717, 1.165) is 23.6 Å². The first-order valence-electron chi connectivity index (χ1n) is 6.66. The van der Waals surface area contributed by atoms with Crippen molar-refractivity contribution in [3.63, 3.8) is 0 Å². The van der Waals surface area contributed by atoms with Crippen molar-refractivity contribution >= 4 is 11.6 Å². The third-order valence-corrected chi connectivity index (χ3v) is 3.64. The number of rotatable bonds is 4. The molecule has 2 heterocycles. The highest BCUT2D eigenvalue weighted by atomic mass is 16.5. The maximum Gasteiger partial charge on any atom is 0.231 e. The topological polar surface area (TPSA) is 68.2 Å². The highest BCUT2D eigenvalue weighted by molar-refractivity contribution is 5.94. The van der Waals surface area contributed by atoms with E-state index in [0.29, 0.717) is 13.2 Å². The van der Waals surface area contributed by atoms with Crippen molar-refractivity contribution in [1.82, 2.24) is 15.1 Å². The lowest BCUT2D eigenvalue weighted by Gasteiger charge is -2.17. The molecule has 1 aromatic heterocycles. The number of aryl methyl sites for hydroxylation is 2. The molecule has 0 aliphatic carbocycles. The summed E-state index contributed by atoms with van der Waals surface area (Å²) < 4.78 is 7.18. The van der Waals surface area contributed by atoms with Crippen molar-refractivity contribution in [2.45, 2.75) is 26.8 Å². The molecule has 2 rings (SSSR count). The molecule has 1 aliphatic rings. The van der Waals surface area contributed by atoms with Gasteiger partial charge in [-0.3, -0.25) is 9.48 Å². The minimum absolute atomic E-state index is 0.00245. The van der Waals surface area contributed by atoms with Gasteiger partial charge in [0.25, 0.3) is 0 Å². The second-order valence-electron chi connectivity index (χ2n) is 4.97. The molecule has 0 spiro atoms. The fourth-order valence-electron chi connectivity index (χ4n) is 2.45. The van der Waals surface area contributed by atoms with E-state index in [4.69, 9.17) is 4.74 Å². The fourth-order valence-corrected chi connectivity index (χ4v) is 2.45. The number of ether oxygens (including phenoxy) is 1. The van der Waals surface area contributed by atoms with Crippen LogP contribution >= 0.6 is 0 Å². The van der Waals surface area contributed by atoms with Gasteiger partial charge in [-0.05, 0) is 20.4 Å². The number of anilines is 1. The molecule has 1 amide bonds. The van der Waals surface area contributed by atoms with E-state index in [-0.39, 0.29) is 17.9 Å². The van der Waals surface area contributed by atoms with Crippen LogP contribution in [0.25, 0.3) is 0 Å². The van der Waals surface area contributed by atoms with Crippen LogP contribution in [-0.2, 0) is 16.6 Å². The Hall–Kier alpha value is -1.40. The molecular weight excluding hydrogens is 244 g/mol. The lowest BCUT2D eigenvalue weighted by atomic mass is 10.0. The van der Waals surface area contributed by atoms with Crippen LogP contribution < -0.4 is 10.6 Å². The lowest BCUT2D eigenvalue weighted by molar-refractivity contribution is -0.120. The molecule has 6 heteroatoms. The maximum atomic E-state index is 12.3. The van der Waals surface area contributed by atoms with Crippen molar-refractivity contribution in [1.29, 1.82) is 0 Å². The molecule has 1 aromatic rings. The minimum atomic E-state index is -0.140. The normalized spacial score (nSPS) is 22.7. The summed E-state index contributed by atoms with van der Waals surface area (Å²) in [6.07, 6.45) is 0. The molecule has 106 valence electrons. The number of likely N-dealkylation sites (N-methyl/N-ethyl adjacent to an activating group) is 1. The highest BCUT2D eigenvalue weighted by Gasteiger charge is 2.34. The summed E-state index contributed by atoms with van der Waals surface area (Å²) in [4.78, 5) is 12.3. The van der Waals surface area contributed by atoms with Crippen LogP contribution in [0.15, 0.2) is 0 Å². The average molecular weight is 266 g/mol. The number of hydrogen-bond acceptors (Lipinski definition) is 4. The van der Waals surface area contributed by atoms with Crippen LogP contribution in [-0.4, -0.2) is 41.5 Å². The number of nitrogens with one attached hydrogen (secondary N) is 2. The van der Waals surface area contributed by atoms with Crippen molar-refractivity contribution in [2.24, 2.45) is 13.0 Å². The molecule has 0 bridgehead atoms. The van der Waals surface area contributed by atoms with E-state index >= 15 is 0 Å². The molecule has 2 N–H and O–H groups in total. The molecule has 0 saturated carbocycles. The van der Waals surface area contributed by atoms with E-state index in [9.17, 15) is 4.79 Å². The van der Waals surface area contributed by atoms with Crippen molar-refractivity contribution < 1.29 is 9.53 Å². The van der Waals surface area contributed by atoms with E-state index in [2.05, 4.69) is 15.7 Å². The van der Waals surface area contributed by atoms with Crippen LogP contribution in [0.3, 0.4) is 0 Å². The summed E-state index contributed by atoms with van der Waals surface area (Å²) in [5.74, 6) is -0.137. The summed E-state index contributed by atoms with van der Waals surface area (Å²) in [5, 5.41) is 10.6. The first-order valence-corrected chi connectivity index (χ1v) is 6.66. The van der Waals surface area contributed by atoms with Gasteiger partial charge in [-0.2, -0.15) is 5.10 Å². The Morgan fingerprint density at radius 3 is 2.79 bits per heavy atom. The smallest absolute Gasteiger partial charge is 0.231 e. The van der Waals surface area contributed by atoms with Gasteiger partial charge in [0.1, 0.15) is 0 Å². The third-order valence-electron chi connectivity index (χ3n) is 3.64. The van der Waals surface area contributed by atoms with Gasteiger partial charge in [0.05, 0.1) is 36.2 Å². The molecule has 2 atom stereocenters. The van der Waals surface area contributed by atoms with E-state index in [1.807, 2.05) is 27.8 Å². The molecule has 19 heavy (non-hydrogen) atoms. The predicted octanol–water partition coefficient (Wildman–Crippen LogP) is 0.600. The van der Waals surface area contributed by atoms with E-state index in [1.165, 1.54) is 0 Å². The first-order chi connectivity index (χ1) is 9.04. The Balaban J connectivity index is 2.08. The lowest BCUT2D eigenvalue weighted by Crippen LogP contribution is -2.41. The van der Waals surface area contributed by atoms with Gasteiger partial charge < -0.3 is 15.4 Å². The number of nitrogens with zero attached hydrogens (tertiary/aromatic N) is 2. The molecule has 0 aromatic carbocycles. The van der Waals surface area contributed by atoms with Crippen LogP contribution in [0.4, 0.5) is 5.69 Å². The summed E-state index contributed by atoms with van der Waals surface area (Å²) in [5.41, 5.74) is 2.62. The zero-order valence-electron chi connectivity index (χ0n) is 12.0. The summed E-state index contributed by atoms with van der Waals surface area (Å²) in [7, 11) is 1.87. The Morgan fingerprint density at radius 1 is 1.47 bits per heavy atom. The van der Waals surface area contributed by atoms with E-state index in [1.54, 1.807) is 4.68 Å². The molecule has 1 fully saturated rings. The number of carbonyl (C=O) groups excluding carboxylic acids is 1. The molecule has 1 saturated heterocycles. The number of aromatic nitrogens is 2. The van der Waals surface area contributed by atoms with Gasteiger partial charge in [-0.1, -0.05) is 6.92 Å². The van der Waals surface area contributed by atoms with Gasteiger partial charge in [-0.15, -0.1) is 0 Å². The summed E-state index contributed by atoms with van der Waals surface area (Å²) >= 11 is 0. The second kappa shape index (κ2) is 5.71. The third kappa shape index (κ3) is 2.79. The van der Waals surface area contributed by atoms with E-state index < -0.39 is 0 Å². The molecule has 1 aliphatic heterocycles. The molecule has 6 nitrogen and oxygen atoms in total. The van der Waals surface area contributed by atoms with Crippen molar-refractivity contribution in [3.05, 3.63) is 11.4 Å². The van der Waals surface area contributed by atoms with Crippen molar-refractivity contribution in [2.75, 3.05) is 25.1 Å². The minimum Gasteiger partial charge on any atom is -0.379 e. The Kier molecular flexibility index (Phi) is 4.21. The Labute approximate surface area is 113 Å². The van der Waals surface area contributed by atoms with Gasteiger partial charge in [-0.25, -0.2) is 0 Å². The molecule has 2 unspecified atom stereocenters. The van der Waals surface area contributed by atoms with Crippen LogP contribution in [0.1, 0.15) is 18.3 Å². The van der Waals surface area contributed by atoms with Gasteiger partial charge in [0, 0.05) is 13.1 Å². The number of amides is 1. The Bertz CT molecular complexity index is 469. The number of carbonyl (C=O) groups is 1. The van der Waals surface area contributed by atoms with Crippen LogP contribution in [0, 0.1) is 19.8 Å². The fraction of sp³-hybridized carbons (Fsp3) is 0.692. The SMILES string of the molecule is CCNC1COCC1C(=O)Nc1c(C)nn(C)c1C. The average Bonchev–Trinajstić information content (AvgIpc) is 2.91. The molecule has 0 radical (unpaired) electrons. The second-order valence-corrected chi connectivity index (χ2v) is 4.97. The highest BCUT2D eigenvalue weighted by Crippen LogP contribution is 2.21. The van der Waals surface area contributed by atoms with Crippen molar-refractivity contribution in [3.8, 4) is 0 Å². The monoisotopic (exact) mass is 266 g/mol. The largest absolute Gasteiger partial charge is 0.379 e. The zero-order valence-corrected chi connectivity index (χ0v) is 12.0. The van der Waals surface area contributed by atoms with Crippen LogP contribution in [0.5, 0.6) is 0 Å². The first kappa shape index (κ1) is 14.0. The van der Waals surface area contributed by atoms with Gasteiger partial charge in [0.2, 0.25) is 5.91 Å². The van der Waals surface area contributed by atoms with Gasteiger partial charge in [0.15, 0.2) is 0 Å². The zero-order chi connectivity index (χ0) is 14.0. The Morgan fingerprint density at radius 2 is 2.21 bits per heavy atom. The maximum absolute atomic E-state index is 12.3. The summed E-state index contributed by atoms with van der Waals surface area (Å²) in [6.45, 7) is 7.78. The summed E-state index contributed by atoms with van der Waals surface area (Å²) in [6, 6.07) is 0.0993. The van der Waals surface area contributed by atoms with Gasteiger partial charge >= 0.3 is 0 Å². The van der Waals surface area contributed by atoms with Crippen LogP contribution in [0.2, 0.25) is 0 Å². The predicted molar refractivity (Wildman–Crippen MR) is 73.1 cm³/mol. The number of hydrogen-bond donors (Lipinski definition) is 2. The standard InChI is InChI=1S/C13H22N4O2/c1-5-14-11-7-19-6-10(11)13(18)15-12-8(2)16-17(4)9(12)3/h10-11,14H,5-7H2,1-4H3,(H,15,18). The molecular formula is C13H22N4O2.